The number of rotatable bonds is 9. The number of carbonyl (C=O) groups is 3. The minimum Gasteiger partial charge on any atom is -0.467 e. The van der Waals surface area contributed by atoms with Gasteiger partial charge in [-0.3, -0.25) is 14.4 Å². The Balaban J connectivity index is 1.93. The molecule has 0 aliphatic rings. The van der Waals surface area contributed by atoms with Gasteiger partial charge in [0.15, 0.2) is 0 Å². The van der Waals surface area contributed by atoms with Crippen LogP contribution < -0.4 is 10.6 Å². The maximum absolute atomic E-state index is 12.8. The minimum absolute atomic E-state index is 0.0656. The summed E-state index contributed by atoms with van der Waals surface area (Å²) >= 11 is 1.30. The molecule has 0 fully saturated rings. The van der Waals surface area contributed by atoms with Gasteiger partial charge in [-0.1, -0.05) is 12.1 Å². The SMILES string of the molecule is CC(C)NC(=O)CSc1ccccc1C(=O)N(C)CC(=O)NCc1ccco1. The smallest absolute Gasteiger partial charge is 0.255 e. The van der Waals surface area contributed by atoms with E-state index in [0.717, 1.165) is 0 Å². The highest BCUT2D eigenvalue weighted by Gasteiger charge is 2.19. The van der Waals surface area contributed by atoms with E-state index in [1.165, 1.54) is 22.9 Å². The normalized spacial score (nSPS) is 10.6. The number of thioether (sulfide) groups is 1. The van der Waals surface area contributed by atoms with Crippen molar-refractivity contribution >= 4 is 29.5 Å². The summed E-state index contributed by atoms with van der Waals surface area (Å²) in [6.45, 7) is 3.98. The summed E-state index contributed by atoms with van der Waals surface area (Å²) in [6.07, 6.45) is 1.53. The van der Waals surface area contributed by atoms with Gasteiger partial charge in [-0.2, -0.15) is 0 Å². The highest BCUT2D eigenvalue weighted by molar-refractivity contribution is 8.00. The lowest BCUT2D eigenvalue weighted by Gasteiger charge is -2.18. The van der Waals surface area contributed by atoms with Crippen molar-refractivity contribution in [2.75, 3.05) is 19.3 Å². The van der Waals surface area contributed by atoms with Crippen molar-refractivity contribution in [3.8, 4) is 0 Å². The average Bonchev–Trinajstić information content (AvgIpc) is 3.17. The number of nitrogens with one attached hydrogen (secondary N) is 2. The molecule has 0 bridgehead atoms. The van der Waals surface area contributed by atoms with Crippen molar-refractivity contribution in [1.82, 2.24) is 15.5 Å². The Labute approximate surface area is 168 Å². The van der Waals surface area contributed by atoms with Crippen LogP contribution in [-0.4, -0.2) is 48.0 Å². The van der Waals surface area contributed by atoms with Gasteiger partial charge < -0.3 is 20.0 Å². The quantitative estimate of drug-likeness (QED) is 0.627. The van der Waals surface area contributed by atoms with E-state index < -0.39 is 0 Å². The van der Waals surface area contributed by atoms with Crippen LogP contribution in [0.5, 0.6) is 0 Å². The topological polar surface area (TPSA) is 91.7 Å². The molecule has 0 unspecified atom stereocenters. The molecule has 1 aromatic heterocycles. The third-order valence-corrected chi connectivity index (χ3v) is 4.77. The molecule has 0 aliphatic heterocycles. The molecule has 1 aromatic carbocycles. The zero-order valence-electron chi connectivity index (χ0n) is 16.2. The molecule has 2 aromatic rings. The zero-order valence-corrected chi connectivity index (χ0v) is 17.0. The summed E-state index contributed by atoms with van der Waals surface area (Å²) < 4.78 is 5.16. The molecular weight excluding hydrogens is 378 g/mol. The second-order valence-corrected chi connectivity index (χ2v) is 7.54. The van der Waals surface area contributed by atoms with Crippen LogP contribution in [-0.2, 0) is 16.1 Å². The predicted octanol–water partition coefficient (Wildman–Crippen LogP) is 2.28. The molecule has 150 valence electrons. The highest BCUT2D eigenvalue weighted by Crippen LogP contribution is 2.23. The maximum atomic E-state index is 12.8. The van der Waals surface area contributed by atoms with E-state index in [1.54, 1.807) is 37.4 Å². The zero-order chi connectivity index (χ0) is 20.5. The van der Waals surface area contributed by atoms with Gasteiger partial charge in [0, 0.05) is 18.0 Å². The van der Waals surface area contributed by atoms with Crippen LogP contribution in [0.1, 0.15) is 30.0 Å². The van der Waals surface area contributed by atoms with Crippen LogP contribution >= 0.6 is 11.8 Å². The summed E-state index contributed by atoms with van der Waals surface area (Å²) in [4.78, 5) is 38.8. The molecule has 0 saturated carbocycles. The molecule has 0 atom stereocenters. The summed E-state index contributed by atoms with van der Waals surface area (Å²) in [7, 11) is 1.57. The van der Waals surface area contributed by atoms with E-state index in [2.05, 4.69) is 10.6 Å². The molecule has 0 radical (unpaired) electrons. The molecule has 2 rings (SSSR count). The number of amides is 3. The Kier molecular flexibility index (Phi) is 8.13. The van der Waals surface area contributed by atoms with E-state index >= 15 is 0 Å². The molecule has 2 N–H and O–H groups in total. The highest BCUT2D eigenvalue weighted by atomic mass is 32.2. The van der Waals surface area contributed by atoms with Gasteiger partial charge in [-0.05, 0) is 38.1 Å². The van der Waals surface area contributed by atoms with Crippen LogP contribution in [0.3, 0.4) is 0 Å². The van der Waals surface area contributed by atoms with Crippen LogP contribution in [0.25, 0.3) is 0 Å². The van der Waals surface area contributed by atoms with Crippen LogP contribution in [0.4, 0.5) is 0 Å². The second-order valence-electron chi connectivity index (χ2n) is 6.52. The molecule has 0 saturated heterocycles. The number of hydrogen-bond acceptors (Lipinski definition) is 5. The fraction of sp³-hybridized carbons (Fsp3) is 0.350. The van der Waals surface area contributed by atoms with Crippen LogP contribution in [0.15, 0.2) is 52.0 Å². The summed E-state index contributed by atoms with van der Waals surface area (Å²) in [5.41, 5.74) is 0.464. The molecule has 8 heteroatoms. The number of likely N-dealkylation sites (N-methyl/N-ethyl adjacent to an activating group) is 1. The van der Waals surface area contributed by atoms with Gasteiger partial charge in [0.1, 0.15) is 5.76 Å². The number of furan rings is 1. The molecule has 1 heterocycles. The van der Waals surface area contributed by atoms with E-state index in [0.29, 0.717) is 16.2 Å². The van der Waals surface area contributed by atoms with Crippen molar-refractivity contribution in [1.29, 1.82) is 0 Å². The fourth-order valence-electron chi connectivity index (χ4n) is 2.42. The molecule has 0 aliphatic carbocycles. The van der Waals surface area contributed by atoms with Crippen molar-refractivity contribution in [3.05, 3.63) is 54.0 Å². The third-order valence-electron chi connectivity index (χ3n) is 3.69. The Bertz CT molecular complexity index is 806. The first-order chi connectivity index (χ1) is 13.4. The van der Waals surface area contributed by atoms with Gasteiger partial charge in [0.2, 0.25) is 11.8 Å². The third kappa shape index (κ3) is 6.77. The van der Waals surface area contributed by atoms with E-state index in [4.69, 9.17) is 4.42 Å². The monoisotopic (exact) mass is 403 g/mol. The van der Waals surface area contributed by atoms with Crippen molar-refractivity contribution in [2.45, 2.75) is 31.3 Å². The van der Waals surface area contributed by atoms with Gasteiger partial charge in [0.25, 0.3) is 5.91 Å². The number of nitrogens with zero attached hydrogens (tertiary/aromatic N) is 1. The number of benzene rings is 1. The molecule has 7 nitrogen and oxygen atoms in total. The molecule has 3 amide bonds. The summed E-state index contributed by atoms with van der Waals surface area (Å²) in [5, 5.41) is 5.53. The number of hydrogen-bond donors (Lipinski definition) is 2. The van der Waals surface area contributed by atoms with E-state index in [9.17, 15) is 14.4 Å². The van der Waals surface area contributed by atoms with Crippen LogP contribution in [0, 0.1) is 0 Å². The van der Waals surface area contributed by atoms with Gasteiger partial charge in [-0.15, -0.1) is 11.8 Å². The van der Waals surface area contributed by atoms with Gasteiger partial charge in [-0.25, -0.2) is 0 Å². The van der Waals surface area contributed by atoms with Gasteiger partial charge in [0.05, 0.1) is 30.7 Å². The Morgan fingerprint density at radius 2 is 1.86 bits per heavy atom. The van der Waals surface area contributed by atoms with Crippen molar-refractivity contribution < 1.29 is 18.8 Å². The fourth-order valence-corrected chi connectivity index (χ4v) is 3.28. The first kappa shape index (κ1) is 21.6. The Hall–Kier alpha value is -2.74. The average molecular weight is 404 g/mol. The first-order valence-corrected chi connectivity index (χ1v) is 9.91. The predicted molar refractivity (Wildman–Crippen MR) is 108 cm³/mol. The maximum Gasteiger partial charge on any atom is 0.255 e. The minimum atomic E-state index is -0.284. The van der Waals surface area contributed by atoms with E-state index in [1.807, 2.05) is 19.9 Å². The largest absolute Gasteiger partial charge is 0.467 e. The molecular formula is C20H25N3O4S. The molecule has 0 spiro atoms. The summed E-state index contributed by atoms with van der Waals surface area (Å²) in [6, 6.07) is 10.6. The molecule has 28 heavy (non-hydrogen) atoms. The van der Waals surface area contributed by atoms with E-state index in [-0.39, 0.29) is 42.6 Å². The number of carbonyl (C=O) groups excluding carboxylic acids is 3. The van der Waals surface area contributed by atoms with Crippen molar-refractivity contribution in [2.24, 2.45) is 0 Å². The lowest BCUT2D eigenvalue weighted by atomic mass is 10.2. The Morgan fingerprint density at radius 3 is 2.54 bits per heavy atom. The standard InChI is InChI=1S/C20H25N3O4S/c1-14(2)22-19(25)13-28-17-9-5-4-8-16(17)20(26)23(3)12-18(24)21-11-15-7-6-10-27-15/h4-10,14H,11-13H2,1-3H3,(H,21,24)(H,22,25). The lowest BCUT2D eigenvalue weighted by Crippen LogP contribution is -2.38. The van der Waals surface area contributed by atoms with Crippen molar-refractivity contribution in [3.63, 3.8) is 0 Å². The Morgan fingerprint density at radius 1 is 1.11 bits per heavy atom. The second kappa shape index (κ2) is 10.6. The van der Waals surface area contributed by atoms with Gasteiger partial charge >= 0.3 is 0 Å². The lowest BCUT2D eigenvalue weighted by molar-refractivity contribution is -0.122. The van der Waals surface area contributed by atoms with Crippen LogP contribution in [0.2, 0.25) is 0 Å². The summed E-state index contributed by atoms with van der Waals surface area (Å²) in [5.74, 6) is 0.210. The first-order valence-electron chi connectivity index (χ1n) is 8.92.